The molecule has 0 saturated carbocycles. The third kappa shape index (κ3) is 4.53. The van der Waals surface area contributed by atoms with Crippen molar-refractivity contribution in [2.45, 2.75) is 26.8 Å². The van der Waals surface area contributed by atoms with Crippen molar-refractivity contribution in [3.63, 3.8) is 0 Å². The fourth-order valence-corrected chi connectivity index (χ4v) is 3.68. The largest absolute Gasteiger partial charge is 0.383 e. The highest BCUT2D eigenvalue weighted by atomic mass is 32.1. The standard InChI is InChI=1S/C18H24N2OS2/c1-13-7-5-8-14(2)17(13)19-18(22)20(10-11-21-4)15(3)16-9-6-12-23-16/h5-9,12,15H,10-11H2,1-4H3,(H,19,22)/t15-/m1/s1. The minimum absolute atomic E-state index is 0.217. The third-order valence-corrected chi connectivity index (χ3v) is 5.31. The van der Waals surface area contributed by atoms with Crippen molar-refractivity contribution in [3.8, 4) is 0 Å². The van der Waals surface area contributed by atoms with Crippen molar-refractivity contribution in [2.24, 2.45) is 0 Å². The lowest BCUT2D eigenvalue weighted by molar-refractivity contribution is 0.166. The molecule has 0 saturated heterocycles. The van der Waals surface area contributed by atoms with Gasteiger partial charge in [0.2, 0.25) is 0 Å². The summed E-state index contributed by atoms with van der Waals surface area (Å²) in [5, 5.41) is 6.27. The monoisotopic (exact) mass is 348 g/mol. The zero-order chi connectivity index (χ0) is 16.8. The zero-order valence-corrected chi connectivity index (χ0v) is 15.8. The maximum Gasteiger partial charge on any atom is 0.174 e. The quantitative estimate of drug-likeness (QED) is 0.760. The molecule has 0 radical (unpaired) electrons. The number of para-hydroxylation sites is 1. The summed E-state index contributed by atoms with van der Waals surface area (Å²) in [6.07, 6.45) is 0. The fourth-order valence-electron chi connectivity index (χ4n) is 2.53. The molecule has 2 aromatic rings. The van der Waals surface area contributed by atoms with Gasteiger partial charge in [0, 0.05) is 24.2 Å². The van der Waals surface area contributed by atoms with Gasteiger partial charge in [-0.15, -0.1) is 11.3 Å². The summed E-state index contributed by atoms with van der Waals surface area (Å²) in [5.74, 6) is 0. The number of nitrogens with one attached hydrogen (secondary N) is 1. The first-order valence-corrected chi connectivity index (χ1v) is 8.99. The van der Waals surface area contributed by atoms with Crippen LogP contribution in [-0.4, -0.2) is 30.3 Å². The predicted octanol–water partition coefficient (Wildman–Crippen LogP) is 4.77. The lowest BCUT2D eigenvalue weighted by Crippen LogP contribution is -2.39. The van der Waals surface area contributed by atoms with Crippen LogP contribution in [0.3, 0.4) is 0 Å². The first kappa shape index (κ1) is 17.9. The number of thiophene rings is 1. The van der Waals surface area contributed by atoms with Crippen LogP contribution in [0.1, 0.15) is 29.0 Å². The molecule has 124 valence electrons. The zero-order valence-electron chi connectivity index (χ0n) is 14.1. The summed E-state index contributed by atoms with van der Waals surface area (Å²) in [4.78, 5) is 3.49. The summed E-state index contributed by atoms with van der Waals surface area (Å²) < 4.78 is 5.26. The molecule has 5 heteroatoms. The fraction of sp³-hybridized carbons (Fsp3) is 0.389. The molecule has 1 heterocycles. The van der Waals surface area contributed by atoms with Gasteiger partial charge in [0.05, 0.1) is 12.6 Å². The van der Waals surface area contributed by atoms with E-state index in [1.807, 2.05) is 0 Å². The van der Waals surface area contributed by atoms with Gasteiger partial charge in [-0.1, -0.05) is 24.3 Å². The van der Waals surface area contributed by atoms with E-state index in [-0.39, 0.29) is 6.04 Å². The van der Waals surface area contributed by atoms with Gasteiger partial charge < -0.3 is 15.0 Å². The predicted molar refractivity (Wildman–Crippen MR) is 103 cm³/mol. The second kappa shape index (κ2) is 8.43. The summed E-state index contributed by atoms with van der Waals surface area (Å²) in [7, 11) is 1.72. The van der Waals surface area contributed by atoms with E-state index in [2.05, 4.69) is 66.7 Å². The Bertz CT molecular complexity index is 620. The highest BCUT2D eigenvalue weighted by Gasteiger charge is 2.20. The number of anilines is 1. The Balaban J connectivity index is 2.19. The lowest BCUT2D eigenvalue weighted by Gasteiger charge is -2.31. The minimum atomic E-state index is 0.217. The highest BCUT2D eigenvalue weighted by molar-refractivity contribution is 7.80. The molecule has 0 aliphatic carbocycles. The van der Waals surface area contributed by atoms with Gasteiger partial charge in [0.1, 0.15) is 0 Å². The molecule has 1 N–H and O–H groups in total. The molecule has 1 atom stereocenters. The molecule has 0 bridgehead atoms. The number of nitrogens with zero attached hydrogens (tertiary/aromatic N) is 1. The van der Waals surface area contributed by atoms with Crippen LogP contribution in [0.2, 0.25) is 0 Å². The van der Waals surface area contributed by atoms with Crippen molar-refractivity contribution in [1.29, 1.82) is 0 Å². The molecule has 0 spiro atoms. The van der Waals surface area contributed by atoms with E-state index in [1.54, 1.807) is 18.4 Å². The van der Waals surface area contributed by atoms with Gasteiger partial charge in [0.25, 0.3) is 0 Å². The summed E-state index contributed by atoms with van der Waals surface area (Å²) in [5.41, 5.74) is 3.49. The summed E-state index contributed by atoms with van der Waals surface area (Å²) in [6, 6.07) is 10.7. The normalized spacial score (nSPS) is 12.0. The number of methoxy groups -OCH3 is 1. The summed E-state index contributed by atoms with van der Waals surface area (Å²) in [6.45, 7) is 7.77. The van der Waals surface area contributed by atoms with Crippen LogP contribution in [-0.2, 0) is 4.74 Å². The molecule has 1 aromatic heterocycles. The van der Waals surface area contributed by atoms with Gasteiger partial charge >= 0.3 is 0 Å². The van der Waals surface area contributed by atoms with Crippen LogP contribution >= 0.6 is 23.6 Å². The molecule has 0 unspecified atom stereocenters. The van der Waals surface area contributed by atoms with E-state index in [0.29, 0.717) is 6.61 Å². The molecule has 2 rings (SSSR count). The number of ether oxygens (including phenoxy) is 1. The molecular weight excluding hydrogens is 324 g/mol. The van der Waals surface area contributed by atoms with E-state index in [1.165, 1.54) is 16.0 Å². The van der Waals surface area contributed by atoms with Crippen LogP contribution in [0.15, 0.2) is 35.7 Å². The first-order chi connectivity index (χ1) is 11.0. The molecular formula is C18H24N2OS2. The first-order valence-electron chi connectivity index (χ1n) is 7.70. The Morgan fingerprint density at radius 3 is 2.52 bits per heavy atom. The van der Waals surface area contributed by atoms with E-state index >= 15 is 0 Å². The van der Waals surface area contributed by atoms with E-state index in [0.717, 1.165) is 17.3 Å². The second-order valence-electron chi connectivity index (χ2n) is 5.57. The second-order valence-corrected chi connectivity index (χ2v) is 6.94. The SMILES string of the molecule is COCCN(C(=S)Nc1c(C)cccc1C)[C@H](C)c1cccs1. The Morgan fingerprint density at radius 1 is 1.26 bits per heavy atom. The number of hydrogen-bond donors (Lipinski definition) is 1. The van der Waals surface area contributed by atoms with Gasteiger partial charge in [-0.25, -0.2) is 0 Å². The van der Waals surface area contributed by atoms with E-state index < -0.39 is 0 Å². The Labute approximate surface area is 148 Å². The maximum atomic E-state index is 5.70. The van der Waals surface area contributed by atoms with Gasteiger partial charge in [0.15, 0.2) is 5.11 Å². The molecule has 0 amide bonds. The average molecular weight is 349 g/mol. The van der Waals surface area contributed by atoms with Crippen molar-refractivity contribution in [1.82, 2.24) is 4.90 Å². The van der Waals surface area contributed by atoms with Crippen LogP contribution in [0.4, 0.5) is 5.69 Å². The number of aryl methyl sites for hydroxylation is 2. The average Bonchev–Trinajstić information content (AvgIpc) is 3.05. The van der Waals surface area contributed by atoms with Gasteiger partial charge in [-0.3, -0.25) is 0 Å². The van der Waals surface area contributed by atoms with Crippen molar-refractivity contribution < 1.29 is 4.74 Å². The molecule has 0 aliphatic heterocycles. The van der Waals surface area contributed by atoms with Gasteiger partial charge in [-0.05, 0) is 55.6 Å². The Hall–Kier alpha value is -1.43. The Kier molecular flexibility index (Phi) is 6.57. The number of rotatable bonds is 6. The van der Waals surface area contributed by atoms with E-state index in [4.69, 9.17) is 17.0 Å². The number of thiocarbonyl (C=S) groups is 1. The van der Waals surface area contributed by atoms with Crippen LogP contribution in [0, 0.1) is 13.8 Å². The summed E-state index contributed by atoms with van der Waals surface area (Å²) >= 11 is 7.46. The minimum Gasteiger partial charge on any atom is -0.383 e. The molecule has 23 heavy (non-hydrogen) atoms. The lowest BCUT2D eigenvalue weighted by atomic mass is 10.1. The van der Waals surface area contributed by atoms with E-state index in [9.17, 15) is 0 Å². The number of hydrogen-bond acceptors (Lipinski definition) is 3. The van der Waals surface area contributed by atoms with Crippen molar-refractivity contribution in [2.75, 3.05) is 25.6 Å². The molecule has 0 fully saturated rings. The topological polar surface area (TPSA) is 24.5 Å². The third-order valence-electron chi connectivity index (χ3n) is 3.93. The van der Waals surface area contributed by atoms with Crippen LogP contribution in [0.5, 0.6) is 0 Å². The maximum absolute atomic E-state index is 5.70. The molecule has 0 aliphatic rings. The van der Waals surface area contributed by atoms with Crippen molar-refractivity contribution >= 4 is 34.4 Å². The highest BCUT2D eigenvalue weighted by Crippen LogP contribution is 2.26. The Morgan fingerprint density at radius 2 is 1.96 bits per heavy atom. The van der Waals surface area contributed by atoms with Crippen LogP contribution in [0.25, 0.3) is 0 Å². The van der Waals surface area contributed by atoms with Crippen LogP contribution < -0.4 is 5.32 Å². The smallest absolute Gasteiger partial charge is 0.174 e. The van der Waals surface area contributed by atoms with Crippen molar-refractivity contribution in [3.05, 3.63) is 51.7 Å². The molecule has 1 aromatic carbocycles. The van der Waals surface area contributed by atoms with Gasteiger partial charge in [-0.2, -0.15) is 0 Å². The molecule has 3 nitrogen and oxygen atoms in total. The number of benzene rings is 1.